The number of rotatable bonds is 11. The normalized spacial score (nSPS) is 15.5. The molecule has 0 aliphatic heterocycles. The fourth-order valence-electron chi connectivity index (χ4n) is 2.66. The predicted octanol–water partition coefficient (Wildman–Crippen LogP) is 3.09. The van der Waals surface area contributed by atoms with Crippen molar-refractivity contribution < 1.29 is 24.1 Å². The minimum atomic E-state index is -0.947. The Morgan fingerprint density at radius 1 is 1.35 bits per heavy atom. The molecule has 0 amide bonds. The van der Waals surface area contributed by atoms with Crippen LogP contribution >= 0.6 is 34.7 Å². The predicted molar refractivity (Wildman–Crippen MR) is 117 cm³/mol. The Hall–Kier alpha value is -1.60. The molecule has 2 unspecified atom stereocenters. The van der Waals surface area contributed by atoms with Crippen LogP contribution in [0.2, 0.25) is 5.02 Å². The molecule has 168 valence electrons. The number of aromatic nitrogens is 4. The van der Waals surface area contributed by atoms with Crippen molar-refractivity contribution in [2.24, 2.45) is 0 Å². The molecule has 2 aromatic heterocycles. The van der Waals surface area contributed by atoms with Crippen LogP contribution in [-0.4, -0.2) is 67.7 Å². The van der Waals surface area contributed by atoms with E-state index < -0.39 is 36.2 Å². The van der Waals surface area contributed by atoms with Crippen LogP contribution in [0.3, 0.4) is 0 Å². The summed E-state index contributed by atoms with van der Waals surface area (Å²) < 4.78 is 27.5. The number of hydrogen-bond acceptors (Lipinski definition) is 9. The van der Waals surface area contributed by atoms with Gasteiger partial charge in [0.05, 0.1) is 25.5 Å². The van der Waals surface area contributed by atoms with E-state index in [0.717, 1.165) is 16.8 Å². The van der Waals surface area contributed by atoms with Crippen molar-refractivity contribution in [3.63, 3.8) is 0 Å². The van der Waals surface area contributed by atoms with Gasteiger partial charge in [-0.25, -0.2) is 14.1 Å². The number of hydrogen-bond donors (Lipinski definition) is 2. The fraction of sp³-hybridized carbons (Fsp3) is 0.421. The molecule has 0 spiro atoms. The Bertz CT molecular complexity index is 960. The van der Waals surface area contributed by atoms with E-state index >= 15 is 0 Å². The van der Waals surface area contributed by atoms with Gasteiger partial charge in [-0.3, -0.25) is 0 Å². The summed E-state index contributed by atoms with van der Waals surface area (Å²) in [5.74, 6) is -0.470. The van der Waals surface area contributed by atoms with Crippen molar-refractivity contribution in [1.29, 1.82) is 0 Å². The number of aliphatic hydroxyl groups excluding tert-OH is 2. The van der Waals surface area contributed by atoms with Crippen LogP contribution in [0, 0.1) is 5.82 Å². The van der Waals surface area contributed by atoms with E-state index in [4.69, 9.17) is 21.1 Å². The third kappa shape index (κ3) is 6.45. The molecule has 0 saturated carbocycles. The first-order valence-electron chi connectivity index (χ1n) is 9.30. The molecule has 0 aliphatic rings. The van der Waals surface area contributed by atoms with Crippen molar-refractivity contribution in [3.8, 4) is 10.7 Å². The number of thioether (sulfide) groups is 1. The molecule has 8 nitrogen and oxygen atoms in total. The number of nitrogens with zero attached hydrogens (tertiary/aromatic N) is 4. The van der Waals surface area contributed by atoms with E-state index in [-0.39, 0.29) is 11.4 Å². The van der Waals surface area contributed by atoms with Crippen LogP contribution in [0.5, 0.6) is 0 Å². The standard InChI is InChI=1S/C19H22ClFN4O4S2/c1-11(27)16(10-26)29-19(31-17-7-12(20)3-4-13(17)21)15(28-2)9-25-8-14(23-24-25)18-22-5-6-30-18/h3-8,11,15-16,19,26-27H,9-10H2,1-2H3/t11-,15+,16?,19?/m1/s1. The number of methoxy groups -OCH3 is 1. The summed E-state index contributed by atoms with van der Waals surface area (Å²) in [5.41, 5.74) is -0.176. The molecule has 0 radical (unpaired) electrons. The van der Waals surface area contributed by atoms with Crippen LogP contribution in [0.25, 0.3) is 10.7 Å². The van der Waals surface area contributed by atoms with Crippen molar-refractivity contribution in [3.05, 3.63) is 46.8 Å². The Kier molecular flexibility index (Phi) is 8.78. The molecule has 0 fully saturated rings. The molecule has 3 aromatic rings. The highest BCUT2D eigenvalue weighted by Gasteiger charge is 2.30. The average Bonchev–Trinajstić information content (AvgIpc) is 3.43. The third-order valence-corrected chi connectivity index (χ3v) is 6.57. The summed E-state index contributed by atoms with van der Waals surface area (Å²) in [4.78, 5) is 4.46. The second-order valence-corrected chi connectivity index (χ2v) is 9.07. The number of thiazole rings is 1. The van der Waals surface area contributed by atoms with Gasteiger partial charge in [0.25, 0.3) is 0 Å². The third-order valence-electron chi connectivity index (χ3n) is 4.33. The second kappa shape index (κ2) is 11.3. The molecule has 0 saturated heterocycles. The summed E-state index contributed by atoms with van der Waals surface area (Å²) in [7, 11) is 1.49. The van der Waals surface area contributed by atoms with Gasteiger partial charge in [0.15, 0.2) is 0 Å². The van der Waals surface area contributed by atoms with Gasteiger partial charge >= 0.3 is 0 Å². The lowest BCUT2D eigenvalue weighted by atomic mass is 10.2. The summed E-state index contributed by atoms with van der Waals surface area (Å²) in [6.07, 6.45) is 0.950. The highest BCUT2D eigenvalue weighted by Crippen LogP contribution is 2.33. The Morgan fingerprint density at radius 3 is 2.81 bits per heavy atom. The Morgan fingerprint density at radius 2 is 2.16 bits per heavy atom. The van der Waals surface area contributed by atoms with Crippen molar-refractivity contribution >= 4 is 34.7 Å². The van der Waals surface area contributed by atoms with E-state index in [9.17, 15) is 14.6 Å². The summed E-state index contributed by atoms with van der Waals surface area (Å²) in [6, 6.07) is 4.20. The molecule has 31 heavy (non-hydrogen) atoms. The zero-order chi connectivity index (χ0) is 22.4. The lowest BCUT2D eigenvalue weighted by Gasteiger charge is -2.30. The molecular weight excluding hydrogens is 467 g/mol. The van der Waals surface area contributed by atoms with Gasteiger partial charge in [-0.15, -0.1) is 16.4 Å². The monoisotopic (exact) mass is 488 g/mol. The number of aliphatic hydroxyl groups is 2. The quantitative estimate of drug-likeness (QED) is 0.313. The fourth-order valence-corrected chi connectivity index (χ4v) is 4.65. The maximum Gasteiger partial charge on any atom is 0.145 e. The van der Waals surface area contributed by atoms with Gasteiger partial charge in [0, 0.05) is 28.6 Å². The highest BCUT2D eigenvalue weighted by atomic mass is 35.5. The summed E-state index contributed by atoms with van der Waals surface area (Å²) >= 11 is 8.51. The summed E-state index contributed by atoms with van der Waals surface area (Å²) in [6.45, 7) is 1.31. The second-order valence-electron chi connectivity index (χ2n) is 6.60. The van der Waals surface area contributed by atoms with Crippen LogP contribution in [0.15, 0.2) is 40.9 Å². The highest BCUT2D eigenvalue weighted by molar-refractivity contribution is 7.99. The van der Waals surface area contributed by atoms with Crippen molar-refractivity contribution in [1.82, 2.24) is 20.0 Å². The Labute approximate surface area is 192 Å². The van der Waals surface area contributed by atoms with Gasteiger partial charge < -0.3 is 19.7 Å². The van der Waals surface area contributed by atoms with E-state index in [1.165, 1.54) is 43.6 Å². The van der Waals surface area contributed by atoms with Gasteiger partial charge in [-0.1, -0.05) is 28.6 Å². The van der Waals surface area contributed by atoms with E-state index in [2.05, 4.69) is 15.3 Å². The number of halogens is 2. The molecule has 12 heteroatoms. The zero-order valence-corrected chi connectivity index (χ0v) is 19.1. The maximum absolute atomic E-state index is 14.4. The van der Waals surface area contributed by atoms with Crippen molar-refractivity contribution in [2.45, 2.75) is 42.1 Å². The smallest absolute Gasteiger partial charge is 0.145 e. The average molecular weight is 489 g/mol. The topological polar surface area (TPSA) is 103 Å². The molecular formula is C19H22ClFN4O4S2. The minimum Gasteiger partial charge on any atom is -0.394 e. The first-order valence-corrected chi connectivity index (χ1v) is 11.4. The van der Waals surface area contributed by atoms with Gasteiger partial charge in [0.1, 0.15) is 34.2 Å². The first-order chi connectivity index (χ1) is 14.9. The largest absolute Gasteiger partial charge is 0.394 e. The van der Waals surface area contributed by atoms with Crippen LogP contribution in [0.1, 0.15) is 6.92 Å². The van der Waals surface area contributed by atoms with Crippen molar-refractivity contribution in [2.75, 3.05) is 13.7 Å². The molecule has 3 rings (SSSR count). The van der Waals surface area contributed by atoms with Crippen LogP contribution < -0.4 is 0 Å². The molecule has 2 N–H and O–H groups in total. The minimum absolute atomic E-state index is 0.229. The molecule has 4 atom stereocenters. The first kappa shape index (κ1) is 24.1. The lowest BCUT2D eigenvalue weighted by Crippen LogP contribution is -2.40. The number of benzene rings is 1. The number of ether oxygens (including phenoxy) is 2. The van der Waals surface area contributed by atoms with Crippen LogP contribution in [0.4, 0.5) is 4.39 Å². The lowest BCUT2D eigenvalue weighted by molar-refractivity contribution is -0.105. The molecule has 0 bridgehead atoms. The molecule has 2 heterocycles. The van der Waals surface area contributed by atoms with E-state index in [1.54, 1.807) is 17.1 Å². The van der Waals surface area contributed by atoms with Gasteiger partial charge in [-0.2, -0.15) is 0 Å². The van der Waals surface area contributed by atoms with Gasteiger partial charge in [0.2, 0.25) is 0 Å². The SMILES string of the molecule is CO[C@@H](Cn1cc(-c2nccs2)nn1)C(OC(CO)[C@@H](C)O)Sc1cc(Cl)ccc1F. The molecule has 1 aromatic carbocycles. The Balaban J connectivity index is 1.83. The maximum atomic E-state index is 14.4. The molecule has 0 aliphatic carbocycles. The van der Waals surface area contributed by atoms with Gasteiger partial charge in [-0.05, 0) is 25.1 Å². The van der Waals surface area contributed by atoms with E-state index in [0.29, 0.717) is 10.7 Å². The van der Waals surface area contributed by atoms with Crippen LogP contribution in [-0.2, 0) is 16.0 Å². The zero-order valence-electron chi connectivity index (χ0n) is 16.8. The summed E-state index contributed by atoms with van der Waals surface area (Å²) in [5, 5.41) is 30.7. The van der Waals surface area contributed by atoms with E-state index in [1.807, 2.05) is 5.38 Å².